The van der Waals surface area contributed by atoms with Gasteiger partial charge in [0.1, 0.15) is 0 Å². The number of hydrogen-bond acceptors (Lipinski definition) is 3. The lowest BCUT2D eigenvalue weighted by atomic mass is 10.1. The smallest absolute Gasteiger partial charge is 0.159 e. The Morgan fingerprint density at radius 2 is 1.78 bits per heavy atom. The molecule has 0 unspecified atom stereocenters. The molecular formula is C14H10ClN3. The first-order valence-corrected chi connectivity index (χ1v) is 6.01. The van der Waals surface area contributed by atoms with Gasteiger partial charge in [0.05, 0.1) is 5.69 Å². The maximum absolute atomic E-state index is 6.05. The fourth-order valence-electron chi connectivity index (χ4n) is 1.95. The molecule has 0 bridgehead atoms. The Bertz CT molecular complexity index is 683. The van der Waals surface area contributed by atoms with Crippen molar-refractivity contribution in [1.82, 2.24) is 15.2 Å². The number of benzene rings is 1. The zero-order valence-electron chi connectivity index (χ0n) is 9.55. The minimum Gasteiger partial charge on any atom is -0.264 e. The van der Waals surface area contributed by atoms with E-state index < -0.39 is 0 Å². The zero-order chi connectivity index (χ0) is 12.4. The summed E-state index contributed by atoms with van der Waals surface area (Å²) in [5.41, 5.74) is 2.03. The third-order valence-electron chi connectivity index (χ3n) is 2.81. The van der Waals surface area contributed by atoms with Crippen LogP contribution in [0.15, 0.2) is 48.8 Å². The maximum Gasteiger partial charge on any atom is 0.159 e. The van der Waals surface area contributed by atoms with Crippen LogP contribution in [0.2, 0.25) is 5.15 Å². The lowest BCUT2D eigenvalue weighted by Crippen LogP contribution is -1.97. The van der Waals surface area contributed by atoms with E-state index in [1.807, 2.05) is 42.6 Å². The van der Waals surface area contributed by atoms with Gasteiger partial charge in [0, 0.05) is 29.6 Å². The summed E-state index contributed by atoms with van der Waals surface area (Å²) in [6.45, 7) is 0. The van der Waals surface area contributed by atoms with Gasteiger partial charge in [-0.15, -0.1) is 5.10 Å². The van der Waals surface area contributed by atoms with Crippen LogP contribution in [0.5, 0.6) is 0 Å². The van der Waals surface area contributed by atoms with E-state index in [0.29, 0.717) is 11.6 Å². The third-order valence-corrected chi connectivity index (χ3v) is 3.09. The predicted octanol–water partition coefficient (Wildman–Crippen LogP) is 3.27. The van der Waals surface area contributed by atoms with Crippen LogP contribution < -0.4 is 0 Å². The molecule has 0 aliphatic carbocycles. The molecule has 88 valence electrons. The molecule has 0 N–H and O–H groups in total. The molecule has 0 saturated heterocycles. The summed E-state index contributed by atoms with van der Waals surface area (Å²) in [5, 5.41) is 10.6. The highest BCUT2D eigenvalue weighted by Gasteiger charge is 2.07. The largest absolute Gasteiger partial charge is 0.264 e. The highest BCUT2D eigenvalue weighted by atomic mass is 35.5. The minimum atomic E-state index is 0.445. The van der Waals surface area contributed by atoms with E-state index >= 15 is 0 Å². The van der Waals surface area contributed by atoms with Gasteiger partial charge < -0.3 is 0 Å². The molecule has 0 aliphatic heterocycles. The molecule has 4 heteroatoms. The normalized spacial score (nSPS) is 10.7. The number of rotatable bonds is 2. The second-order valence-electron chi connectivity index (χ2n) is 4.02. The highest BCUT2D eigenvalue weighted by molar-refractivity contribution is 6.34. The molecule has 2 heterocycles. The lowest BCUT2D eigenvalue weighted by molar-refractivity contribution is 0.954. The Balaban J connectivity index is 2.10. The van der Waals surface area contributed by atoms with Crippen molar-refractivity contribution in [3.05, 3.63) is 65.2 Å². The van der Waals surface area contributed by atoms with Crippen LogP contribution in [0.4, 0.5) is 0 Å². The van der Waals surface area contributed by atoms with Crippen molar-refractivity contribution in [2.24, 2.45) is 0 Å². The molecular weight excluding hydrogens is 246 g/mol. The molecule has 0 spiro atoms. The minimum absolute atomic E-state index is 0.445. The number of hydrogen-bond donors (Lipinski definition) is 0. The predicted molar refractivity (Wildman–Crippen MR) is 71.6 cm³/mol. The first-order chi connectivity index (χ1) is 8.84. The van der Waals surface area contributed by atoms with E-state index in [1.54, 1.807) is 6.20 Å². The summed E-state index contributed by atoms with van der Waals surface area (Å²) in [7, 11) is 0. The van der Waals surface area contributed by atoms with Gasteiger partial charge in [0.25, 0.3) is 0 Å². The second-order valence-corrected chi connectivity index (χ2v) is 4.38. The first-order valence-electron chi connectivity index (χ1n) is 5.63. The molecule has 3 rings (SSSR count). The monoisotopic (exact) mass is 255 g/mol. The van der Waals surface area contributed by atoms with E-state index in [0.717, 1.165) is 22.0 Å². The molecule has 18 heavy (non-hydrogen) atoms. The second kappa shape index (κ2) is 4.70. The number of aromatic nitrogens is 3. The Hall–Kier alpha value is -2.00. The molecule has 1 aromatic carbocycles. The Labute approximate surface area is 109 Å². The van der Waals surface area contributed by atoms with Crippen molar-refractivity contribution in [3.8, 4) is 0 Å². The molecule has 0 saturated carbocycles. The van der Waals surface area contributed by atoms with E-state index in [2.05, 4.69) is 15.2 Å². The number of nitrogens with zero attached hydrogens (tertiary/aromatic N) is 3. The van der Waals surface area contributed by atoms with Crippen molar-refractivity contribution < 1.29 is 0 Å². The van der Waals surface area contributed by atoms with Gasteiger partial charge in [0.15, 0.2) is 5.15 Å². The third kappa shape index (κ3) is 2.05. The van der Waals surface area contributed by atoms with Gasteiger partial charge in [-0.2, -0.15) is 5.10 Å². The number of fused-ring (bicyclic) bond motifs is 1. The van der Waals surface area contributed by atoms with Crippen LogP contribution in [-0.2, 0) is 6.42 Å². The molecule has 0 fully saturated rings. The fraction of sp³-hybridized carbons (Fsp3) is 0.0714. The van der Waals surface area contributed by atoms with Crippen LogP contribution in [-0.4, -0.2) is 15.2 Å². The fourth-order valence-corrected chi connectivity index (χ4v) is 2.16. The van der Waals surface area contributed by atoms with Crippen LogP contribution in [0.1, 0.15) is 11.3 Å². The quantitative estimate of drug-likeness (QED) is 0.705. The number of pyridine rings is 1. The zero-order valence-corrected chi connectivity index (χ0v) is 10.3. The van der Waals surface area contributed by atoms with Gasteiger partial charge in [0.2, 0.25) is 0 Å². The van der Waals surface area contributed by atoms with Crippen LogP contribution in [0.3, 0.4) is 0 Å². The van der Waals surface area contributed by atoms with E-state index in [-0.39, 0.29) is 0 Å². The van der Waals surface area contributed by atoms with Crippen LogP contribution in [0.25, 0.3) is 10.8 Å². The molecule has 3 nitrogen and oxygen atoms in total. The van der Waals surface area contributed by atoms with Gasteiger partial charge in [-0.25, -0.2) is 0 Å². The van der Waals surface area contributed by atoms with Crippen molar-refractivity contribution >= 4 is 22.4 Å². The average molecular weight is 256 g/mol. The van der Waals surface area contributed by atoms with E-state index in [9.17, 15) is 0 Å². The average Bonchev–Trinajstić information content (AvgIpc) is 2.44. The van der Waals surface area contributed by atoms with Gasteiger partial charge in [-0.1, -0.05) is 41.9 Å². The summed E-state index contributed by atoms with van der Waals surface area (Å²) in [4.78, 5) is 4.10. The summed E-state index contributed by atoms with van der Waals surface area (Å²) in [6, 6.07) is 11.8. The van der Waals surface area contributed by atoms with Crippen molar-refractivity contribution in [3.63, 3.8) is 0 Å². The molecule has 3 aromatic rings. The Morgan fingerprint density at radius 3 is 2.56 bits per heavy atom. The number of halogens is 1. The lowest BCUT2D eigenvalue weighted by Gasteiger charge is -2.05. The molecule has 2 aromatic heterocycles. The van der Waals surface area contributed by atoms with Crippen molar-refractivity contribution in [2.75, 3.05) is 0 Å². The van der Waals surface area contributed by atoms with Crippen molar-refractivity contribution in [1.29, 1.82) is 0 Å². The summed E-state index contributed by atoms with van der Waals surface area (Å²) < 4.78 is 0. The molecule has 0 aliphatic rings. The van der Waals surface area contributed by atoms with Crippen molar-refractivity contribution in [2.45, 2.75) is 6.42 Å². The molecule has 0 amide bonds. The summed E-state index contributed by atoms with van der Waals surface area (Å²) >= 11 is 6.05. The SMILES string of the molecule is Clc1nnc(Cc2cccnc2)c2ccccc12. The highest BCUT2D eigenvalue weighted by Crippen LogP contribution is 2.23. The van der Waals surface area contributed by atoms with Crippen LogP contribution in [0, 0.1) is 0 Å². The Morgan fingerprint density at radius 1 is 0.944 bits per heavy atom. The van der Waals surface area contributed by atoms with Gasteiger partial charge >= 0.3 is 0 Å². The van der Waals surface area contributed by atoms with E-state index in [4.69, 9.17) is 11.6 Å². The standard InChI is InChI=1S/C14H10ClN3/c15-14-12-6-2-1-5-11(12)13(17-18-14)8-10-4-3-7-16-9-10/h1-7,9H,8H2. The van der Waals surface area contributed by atoms with E-state index in [1.165, 1.54) is 0 Å². The van der Waals surface area contributed by atoms with Gasteiger partial charge in [-0.3, -0.25) is 4.98 Å². The molecule has 0 radical (unpaired) electrons. The topological polar surface area (TPSA) is 38.7 Å². The maximum atomic E-state index is 6.05. The molecule has 0 atom stereocenters. The van der Waals surface area contributed by atoms with Gasteiger partial charge in [-0.05, 0) is 11.6 Å². The van der Waals surface area contributed by atoms with Crippen LogP contribution >= 0.6 is 11.6 Å². The Kier molecular flexibility index (Phi) is 2.90. The first kappa shape index (κ1) is 11.1. The summed E-state index contributed by atoms with van der Waals surface area (Å²) in [5.74, 6) is 0. The summed E-state index contributed by atoms with van der Waals surface area (Å²) in [6.07, 6.45) is 4.30.